The van der Waals surface area contributed by atoms with E-state index in [2.05, 4.69) is 81.5 Å². The van der Waals surface area contributed by atoms with Gasteiger partial charge in [-0.25, -0.2) is 0 Å². The van der Waals surface area contributed by atoms with E-state index in [9.17, 15) is 14.4 Å². The molecular formula is C72H130O6. The van der Waals surface area contributed by atoms with E-state index in [4.69, 9.17) is 14.2 Å². The molecule has 0 radical (unpaired) electrons. The van der Waals surface area contributed by atoms with Gasteiger partial charge in [0.1, 0.15) is 13.2 Å². The molecule has 0 aromatic rings. The summed E-state index contributed by atoms with van der Waals surface area (Å²) in [5.41, 5.74) is 0. The van der Waals surface area contributed by atoms with Gasteiger partial charge in [-0.2, -0.15) is 0 Å². The molecule has 454 valence electrons. The zero-order valence-electron chi connectivity index (χ0n) is 52.2. The van der Waals surface area contributed by atoms with Crippen LogP contribution in [0.2, 0.25) is 0 Å². The van der Waals surface area contributed by atoms with Crippen LogP contribution in [0.5, 0.6) is 0 Å². The lowest BCUT2D eigenvalue weighted by molar-refractivity contribution is -0.167. The number of ether oxygens (including phenoxy) is 3. The van der Waals surface area contributed by atoms with Crippen molar-refractivity contribution in [1.29, 1.82) is 0 Å². The van der Waals surface area contributed by atoms with Gasteiger partial charge >= 0.3 is 17.9 Å². The molecule has 78 heavy (non-hydrogen) atoms. The fourth-order valence-corrected chi connectivity index (χ4v) is 10.2. The largest absolute Gasteiger partial charge is 0.462 e. The first kappa shape index (κ1) is 75.1. The molecule has 0 aromatic carbocycles. The molecule has 0 amide bonds. The van der Waals surface area contributed by atoms with Crippen LogP contribution in [-0.2, 0) is 28.6 Å². The van der Waals surface area contributed by atoms with Crippen molar-refractivity contribution in [3.05, 3.63) is 60.8 Å². The Bertz CT molecular complexity index is 1390. The number of carbonyl (C=O) groups is 3. The third-order valence-corrected chi connectivity index (χ3v) is 15.3. The van der Waals surface area contributed by atoms with E-state index in [0.29, 0.717) is 19.3 Å². The smallest absolute Gasteiger partial charge is 0.306 e. The van der Waals surface area contributed by atoms with Gasteiger partial charge in [-0.15, -0.1) is 0 Å². The average molecular weight is 1090 g/mol. The van der Waals surface area contributed by atoms with Gasteiger partial charge in [-0.1, -0.05) is 345 Å². The van der Waals surface area contributed by atoms with E-state index in [1.54, 1.807) is 0 Å². The van der Waals surface area contributed by atoms with Crippen molar-refractivity contribution < 1.29 is 28.6 Å². The maximum absolute atomic E-state index is 12.9. The van der Waals surface area contributed by atoms with Crippen LogP contribution in [0, 0.1) is 0 Å². The highest BCUT2D eigenvalue weighted by Crippen LogP contribution is 2.18. The van der Waals surface area contributed by atoms with Crippen LogP contribution in [0.1, 0.15) is 361 Å². The van der Waals surface area contributed by atoms with Crippen molar-refractivity contribution in [2.24, 2.45) is 0 Å². The van der Waals surface area contributed by atoms with Crippen molar-refractivity contribution in [2.75, 3.05) is 13.2 Å². The van der Waals surface area contributed by atoms with Crippen LogP contribution in [0.25, 0.3) is 0 Å². The zero-order chi connectivity index (χ0) is 56.4. The van der Waals surface area contributed by atoms with E-state index in [1.165, 1.54) is 238 Å². The lowest BCUT2D eigenvalue weighted by Crippen LogP contribution is -2.30. The fourth-order valence-electron chi connectivity index (χ4n) is 10.2. The number of hydrogen-bond donors (Lipinski definition) is 0. The summed E-state index contributed by atoms with van der Waals surface area (Å²) in [6, 6.07) is 0. The number of rotatable bonds is 63. The Hall–Kier alpha value is -2.89. The summed E-state index contributed by atoms with van der Waals surface area (Å²) in [6.07, 6.45) is 85.4. The Morgan fingerprint density at radius 1 is 0.269 bits per heavy atom. The molecule has 1 unspecified atom stereocenters. The molecule has 0 saturated heterocycles. The second-order valence-electron chi connectivity index (χ2n) is 23.1. The van der Waals surface area contributed by atoms with Crippen molar-refractivity contribution in [1.82, 2.24) is 0 Å². The van der Waals surface area contributed by atoms with Crippen LogP contribution in [0.3, 0.4) is 0 Å². The number of esters is 3. The van der Waals surface area contributed by atoms with Gasteiger partial charge in [-0.3, -0.25) is 14.4 Å². The molecule has 0 bridgehead atoms. The topological polar surface area (TPSA) is 78.9 Å². The van der Waals surface area contributed by atoms with Crippen LogP contribution in [-0.4, -0.2) is 37.2 Å². The van der Waals surface area contributed by atoms with Crippen molar-refractivity contribution >= 4 is 17.9 Å². The Morgan fingerprint density at radius 2 is 0.500 bits per heavy atom. The lowest BCUT2D eigenvalue weighted by atomic mass is 10.0. The van der Waals surface area contributed by atoms with Gasteiger partial charge in [-0.05, 0) is 57.8 Å². The molecule has 0 spiro atoms. The van der Waals surface area contributed by atoms with E-state index >= 15 is 0 Å². The third kappa shape index (κ3) is 63.9. The molecule has 0 N–H and O–H groups in total. The summed E-state index contributed by atoms with van der Waals surface area (Å²) in [4.78, 5) is 38.4. The normalized spacial score (nSPS) is 12.4. The summed E-state index contributed by atoms with van der Waals surface area (Å²) >= 11 is 0. The van der Waals surface area contributed by atoms with E-state index in [0.717, 1.165) is 77.0 Å². The standard InChI is InChI=1S/C72H130O6/c1-4-7-10-13-16-19-22-25-28-31-33-34-35-36-37-38-39-42-44-47-50-53-56-59-62-65-71(74)77-68-69(67-76-70(73)64-61-58-55-52-49-46-43-40-30-27-24-21-18-15-12-9-6-3)78-72(75)66-63-60-57-54-51-48-45-41-32-29-26-23-20-17-14-11-8-5-2/h9,12,18,21,27,30,43,46,52,55,69H,4-8,10-11,13-17,19-20,22-26,28-29,31-42,44-45,47-51,53-54,56-68H2,1-3H3/b12-9-,21-18-,30-27-,46-43-,55-52-. The average Bonchev–Trinajstić information content (AvgIpc) is 3.44. The summed E-state index contributed by atoms with van der Waals surface area (Å²) in [7, 11) is 0. The van der Waals surface area contributed by atoms with Gasteiger partial charge < -0.3 is 14.2 Å². The molecule has 0 aliphatic carbocycles. The summed E-state index contributed by atoms with van der Waals surface area (Å²) in [6.45, 7) is 6.55. The van der Waals surface area contributed by atoms with Crippen LogP contribution in [0.15, 0.2) is 60.8 Å². The van der Waals surface area contributed by atoms with Crippen molar-refractivity contribution in [2.45, 2.75) is 367 Å². The SMILES string of the molecule is CC/C=C\C/C=C\C/C=C\C/C=C\C/C=C\CCCC(=O)OCC(COC(=O)CCCCCCCCCCCCCCCCCCCCCCCCCCC)OC(=O)CCCCCCCCCCCCCCCCCCCC. The number of carbonyl (C=O) groups excluding carboxylic acids is 3. The Balaban J connectivity index is 4.33. The fraction of sp³-hybridized carbons (Fsp3) is 0.819. The molecule has 6 nitrogen and oxygen atoms in total. The summed E-state index contributed by atoms with van der Waals surface area (Å²) in [5, 5.41) is 0. The highest BCUT2D eigenvalue weighted by atomic mass is 16.6. The lowest BCUT2D eigenvalue weighted by Gasteiger charge is -2.18. The van der Waals surface area contributed by atoms with Crippen LogP contribution < -0.4 is 0 Å². The predicted octanol–water partition coefficient (Wildman–Crippen LogP) is 23.5. The van der Waals surface area contributed by atoms with E-state index in [-0.39, 0.29) is 37.5 Å². The first-order chi connectivity index (χ1) is 38.5. The van der Waals surface area contributed by atoms with Gasteiger partial charge in [0.2, 0.25) is 0 Å². The summed E-state index contributed by atoms with van der Waals surface area (Å²) < 4.78 is 16.9. The third-order valence-electron chi connectivity index (χ3n) is 15.3. The molecule has 0 aliphatic heterocycles. The minimum atomic E-state index is -0.795. The highest BCUT2D eigenvalue weighted by molar-refractivity contribution is 5.71. The predicted molar refractivity (Wildman–Crippen MR) is 339 cm³/mol. The first-order valence-corrected chi connectivity index (χ1v) is 34.3. The van der Waals surface area contributed by atoms with Gasteiger partial charge in [0, 0.05) is 19.3 Å². The molecule has 0 aromatic heterocycles. The van der Waals surface area contributed by atoms with Gasteiger partial charge in [0.25, 0.3) is 0 Å². The molecule has 0 saturated carbocycles. The zero-order valence-corrected chi connectivity index (χ0v) is 52.2. The maximum atomic E-state index is 12.9. The van der Waals surface area contributed by atoms with Crippen LogP contribution in [0.4, 0.5) is 0 Å². The maximum Gasteiger partial charge on any atom is 0.306 e. The minimum absolute atomic E-state index is 0.0869. The first-order valence-electron chi connectivity index (χ1n) is 34.3. The molecular weight excluding hydrogens is 961 g/mol. The number of allylic oxidation sites excluding steroid dienone is 10. The second-order valence-corrected chi connectivity index (χ2v) is 23.1. The van der Waals surface area contributed by atoms with Crippen molar-refractivity contribution in [3.8, 4) is 0 Å². The van der Waals surface area contributed by atoms with Gasteiger partial charge in [0.05, 0.1) is 0 Å². The Labute approximate surface area is 485 Å². The molecule has 0 heterocycles. The van der Waals surface area contributed by atoms with Crippen molar-refractivity contribution in [3.63, 3.8) is 0 Å². The van der Waals surface area contributed by atoms with E-state index in [1.807, 2.05) is 0 Å². The minimum Gasteiger partial charge on any atom is -0.462 e. The molecule has 0 aliphatic rings. The van der Waals surface area contributed by atoms with Gasteiger partial charge in [0.15, 0.2) is 6.10 Å². The molecule has 6 heteroatoms. The molecule has 1 atom stereocenters. The highest BCUT2D eigenvalue weighted by Gasteiger charge is 2.19. The van der Waals surface area contributed by atoms with Crippen LogP contribution >= 0.6 is 0 Å². The Kier molecular flexibility index (Phi) is 64.2. The molecule has 0 fully saturated rings. The molecule has 0 rings (SSSR count). The Morgan fingerprint density at radius 3 is 0.782 bits per heavy atom. The second kappa shape index (κ2) is 66.6. The summed E-state index contributed by atoms with van der Waals surface area (Å²) in [5.74, 6) is -0.923. The number of hydrogen-bond acceptors (Lipinski definition) is 6. The number of unbranched alkanes of at least 4 members (excludes halogenated alkanes) is 42. The monoisotopic (exact) mass is 1090 g/mol. The van der Waals surface area contributed by atoms with E-state index < -0.39 is 6.10 Å². The quantitative estimate of drug-likeness (QED) is 0.0261.